The number of aromatic nitrogens is 5. The van der Waals surface area contributed by atoms with Crippen LogP contribution in [-0.2, 0) is 62.2 Å². The molecule has 1 aliphatic rings. The van der Waals surface area contributed by atoms with Gasteiger partial charge in [0.1, 0.15) is 36.2 Å². The zero-order valence-corrected chi connectivity index (χ0v) is 39.4. The number of para-hydroxylation sites is 1. The van der Waals surface area contributed by atoms with Crippen LogP contribution in [0.5, 0.6) is 5.75 Å². The second-order valence-corrected chi connectivity index (χ2v) is 20.1. The largest absolute Gasteiger partial charge is 0.524 e. The number of phosphoric ester groups is 1. The van der Waals surface area contributed by atoms with E-state index < -0.39 is 148 Å². The molecule has 7 rings (SSSR count). The lowest BCUT2D eigenvalue weighted by molar-refractivity contribution is -0.143. The van der Waals surface area contributed by atoms with E-state index in [2.05, 4.69) is 25.0 Å². The van der Waals surface area contributed by atoms with Crippen LogP contribution in [0.1, 0.15) is 65.3 Å². The number of hydrogen-bond donors (Lipinski definition) is 3. The number of anilines is 1. The first-order chi connectivity index (χ1) is 32.7. The van der Waals surface area contributed by atoms with Crippen molar-refractivity contribution in [3.63, 3.8) is 0 Å². The number of alkyl halides is 8. The molecule has 0 saturated carbocycles. The van der Waals surface area contributed by atoms with E-state index in [1.165, 1.54) is 31.2 Å². The summed E-state index contributed by atoms with van der Waals surface area (Å²) in [4.78, 5) is 51.5. The average molecular weight is 1070 g/mol. The molecule has 380 valence electrons. The van der Waals surface area contributed by atoms with E-state index in [4.69, 9.17) is 11.6 Å². The monoisotopic (exact) mass is 1070 g/mol. The lowest BCUT2D eigenvalue weighted by Crippen LogP contribution is -2.38. The van der Waals surface area contributed by atoms with Gasteiger partial charge >= 0.3 is 20.2 Å². The normalized spacial score (nSPS) is 16.5. The molecule has 3 atom stereocenters. The summed E-state index contributed by atoms with van der Waals surface area (Å²) < 4.78 is 191. The third-order valence-electron chi connectivity index (χ3n) is 11.5. The molecule has 1 aliphatic carbocycles. The van der Waals surface area contributed by atoms with E-state index in [-0.39, 0.29) is 47.3 Å². The number of sulfonamides is 1. The quantitative estimate of drug-likeness (QED) is 0.0695. The summed E-state index contributed by atoms with van der Waals surface area (Å²) in [6, 6.07) is 10.1. The number of aryl methyl sites for hydroxylation is 1. The fourth-order valence-electron chi connectivity index (χ4n) is 8.46. The zero-order valence-electron chi connectivity index (χ0n) is 37.0. The van der Waals surface area contributed by atoms with Crippen LogP contribution >= 0.6 is 19.4 Å². The molecule has 3 aromatic carbocycles. The number of carbonyl (C=O) groups excluding carboxylic acids is 2. The van der Waals surface area contributed by atoms with Crippen LogP contribution in [0.15, 0.2) is 66.7 Å². The van der Waals surface area contributed by atoms with Gasteiger partial charge in [-0.05, 0) is 55.2 Å². The Morgan fingerprint density at radius 3 is 2.20 bits per heavy atom. The third-order valence-corrected chi connectivity index (χ3v) is 13.3. The van der Waals surface area contributed by atoms with Crippen molar-refractivity contribution in [3.05, 3.63) is 123 Å². The van der Waals surface area contributed by atoms with Crippen LogP contribution in [0, 0.1) is 24.5 Å². The number of benzene rings is 3. The molecule has 0 spiro atoms. The Morgan fingerprint density at radius 1 is 0.958 bits per heavy atom. The maximum absolute atomic E-state index is 15.7. The molecule has 0 saturated heterocycles. The Morgan fingerprint density at radius 2 is 1.59 bits per heavy atom. The summed E-state index contributed by atoms with van der Waals surface area (Å²) in [5, 5.41) is 8.69. The summed E-state index contributed by atoms with van der Waals surface area (Å²) in [5.74, 6) is -13.4. The number of phosphoric acid groups is 1. The molecule has 0 unspecified atom stereocenters. The molecule has 6 aromatic rings. The summed E-state index contributed by atoms with van der Waals surface area (Å²) in [5.41, 5.74) is -5.39. The number of fused-ring (bicyclic) bond motifs is 2. The van der Waals surface area contributed by atoms with Crippen LogP contribution < -0.4 is 14.1 Å². The highest BCUT2D eigenvalue weighted by atomic mass is 35.5. The summed E-state index contributed by atoms with van der Waals surface area (Å²) in [6.45, 7) is 0.338. The van der Waals surface area contributed by atoms with Gasteiger partial charge in [0.25, 0.3) is 5.92 Å². The van der Waals surface area contributed by atoms with E-state index in [0.717, 1.165) is 50.2 Å². The second-order valence-electron chi connectivity index (χ2n) is 16.7. The topological polar surface area (TPSA) is 199 Å². The molecule has 71 heavy (non-hydrogen) atoms. The smallest absolute Gasteiger partial charge is 0.404 e. The lowest BCUT2D eigenvalue weighted by atomic mass is 9.93. The van der Waals surface area contributed by atoms with Crippen molar-refractivity contribution in [2.45, 2.75) is 76.9 Å². The van der Waals surface area contributed by atoms with Gasteiger partial charge in [0.2, 0.25) is 21.8 Å². The van der Waals surface area contributed by atoms with Crippen LogP contribution in [-0.4, -0.2) is 67.0 Å². The van der Waals surface area contributed by atoms with Crippen molar-refractivity contribution in [1.82, 2.24) is 29.9 Å². The number of amides is 2. The zero-order chi connectivity index (χ0) is 52.5. The molecule has 28 heteroatoms. The highest BCUT2D eigenvalue weighted by Crippen LogP contribution is 2.55. The predicted molar refractivity (Wildman–Crippen MR) is 234 cm³/mol. The van der Waals surface area contributed by atoms with Gasteiger partial charge in [-0.25, -0.2) is 21.8 Å². The van der Waals surface area contributed by atoms with Crippen molar-refractivity contribution in [2.75, 3.05) is 10.6 Å². The standard InChI is InChI=1S/C43H37ClF10N7O8PS/c1-20-9-10-27(36(55-20)30(15-23-13-25(45)17-26(46)14-23)56-32(62)18-59-39-34(38(57-59)43(52,53)54)21(2)22(3)42(39,50)51)28-11-12-29(44)35-37(28)60(19-41(47,48)49)58-40(35)61(71(4,67)68)33(63)16-24-7-5-6-8-31(24)69-70(64,65)66/h5-14,17,21-22,30H,15-16,18-19H2,1-4H3,(H,56,62)(H2,64,65,66)/t21-,22+,30-/m0/s1. The van der Waals surface area contributed by atoms with E-state index in [0.29, 0.717) is 12.3 Å². The summed E-state index contributed by atoms with van der Waals surface area (Å²) >= 11 is 6.63. The molecular formula is C43H37ClF10N7O8PS. The number of hydrogen-bond acceptors (Lipinski definition) is 9. The van der Waals surface area contributed by atoms with Gasteiger partial charge in [-0.3, -0.25) is 33.7 Å². The molecule has 15 nitrogen and oxygen atoms in total. The second kappa shape index (κ2) is 18.8. The minimum atomic E-state index is -5.26. The number of carbonyl (C=O) groups is 2. The van der Waals surface area contributed by atoms with Gasteiger partial charge in [-0.15, -0.1) is 0 Å². The lowest BCUT2D eigenvalue weighted by Gasteiger charge is -2.24. The van der Waals surface area contributed by atoms with Gasteiger partial charge in [0.15, 0.2) is 11.5 Å². The van der Waals surface area contributed by atoms with E-state index in [1.54, 1.807) is 0 Å². The van der Waals surface area contributed by atoms with Crippen LogP contribution in [0.3, 0.4) is 0 Å². The Bertz CT molecular complexity index is 3250. The first-order valence-corrected chi connectivity index (χ1v) is 24.4. The molecule has 3 heterocycles. The first-order valence-electron chi connectivity index (χ1n) is 20.7. The highest BCUT2D eigenvalue weighted by Gasteiger charge is 2.57. The van der Waals surface area contributed by atoms with Gasteiger partial charge in [-0.2, -0.15) is 49.6 Å². The predicted octanol–water partition coefficient (Wildman–Crippen LogP) is 9.07. The van der Waals surface area contributed by atoms with Crippen molar-refractivity contribution < 1.29 is 80.8 Å². The molecule has 0 aliphatic heterocycles. The maximum Gasteiger partial charge on any atom is 0.524 e. The minimum Gasteiger partial charge on any atom is -0.404 e. The molecule has 0 bridgehead atoms. The highest BCUT2D eigenvalue weighted by molar-refractivity contribution is 7.92. The minimum absolute atomic E-state index is 0.0171. The number of nitrogens with one attached hydrogen (secondary N) is 1. The maximum atomic E-state index is 15.7. The Kier molecular flexibility index (Phi) is 14.0. The van der Waals surface area contributed by atoms with E-state index in [9.17, 15) is 67.5 Å². The van der Waals surface area contributed by atoms with E-state index >= 15 is 8.78 Å². The fourth-order valence-corrected chi connectivity index (χ4v) is 10.0. The van der Waals surface area contributed by atoms with Gasteiger partial charge in [0.05, 0.1) is 40.3 Å². The van der Waals surface area contributed by atoms with Crippen LogP contribution in [0.2, 0.25) is 5.02 Å². The third kappa shape index (κ3) is 11.1. The Balaban J connectivity index is 1.41. The first kappa shape index (κ1) is 52.7. The van der Waals surface area contributed by atoms with Gasteiger partial charge < -0.3 is 9.84 Å². The fraction of sp³-hybridized carbons (Fsp3) is 0.326. The van der Waals surface area contributed by atoms with Crippen LogP contribution in [0.25, 0.3) is 22.0 Å². The number of halogens is 11. The van der Waals surface area contributed by atoms with Gasteiger partial charge in [-0.1, -0.05) is 55.8 Å². The Labute approximate surface area is 400 Å². The molecule has 3 aromatic heterocycles. The SMILES string of the molecule is Cc1ccc(-c2ccc(Cl)c3c(N(C(=O)Cc4ccccc4OP(=O)(O)O)S(C)(=O)=O)nn(CC(F)(F)F)c23)c([C@H](Cc2cc(F)cc(F)c2)NC(=O)Cn2nc(C(F)(F)F)c3c2C(F)(F)[C@H](C)[C@@H]3C)n1. The number of rotatable bonds is 14. The molecule has 3 N–H and O–H groups in total. The van der Waals surface area contributed by atoms with E-state index in [1.807, 2.05) is 0 Å². The average Bonchev–Trinajstić information content (AvgIpc) is 3.83. The molecule has 2 amide bonds. The van der Waals surface area contributed by atoms with Gasteiger partial charge in [0, 0.05) is 39.9 Å². The van der Waals surface area contributed by atoms with Crippen molar-refractivity contribution in [3.8, 4) is 16.9 Å². The molecular weight excluding hydrogens is 1030 g/mol. The number of pyridine rings is 1. The van der Waals surface area contributed by atoms with Crippen LogP contribution in [0.4, 0.5) is 49.7 Å². The number of nitrogens with zero attached hydrogens (tertiary/aromatic N) is 6. The summed E-state index contributed by atoms with van der Waals surface area (Å²) in [7, 11) is -10.2. The van der Waals surface area contributed by atoms with Crippen molar-refractivity contribution in [2.24, 2.45) is 5.92 Å². The van der Waals surface area contributed by atoms with Crippen molar-refractivity contribution in [1.29, 1.82) is 0 Å². The molecule has 0 radical (unpaired) electrons. The summed E-state index contributed by atoms with van der Waals surface area (Å²) in [6.07, 6.45) is -11.5. The van der Waals surface area contributed by atoms with Crippen molar-refractivity contribution >= 4 is 58.0 Å². The Hall–Kier alpha value is -6.08. The molecule has 0 fully saturated rings.